The number of carbonyl (C=O) groups is 2. The van der Waals surface area contributed by atoms with Crippen LogP contribution in [0.1, 0.15) is 50.9 Å². The lowest BCUT2D eigenvalue weighted by Crippen LogP contribution is -2.23. The molecule has 1 aliphatic rings. The summed E-state index contributed by atoms with van der Waals surface area (Å²) in [5.74, 6) is -0.906. The summed E-state index contributed by atoms with van der Waals surface area (Å²) in [5, 5.41) is 3.26. The molecule has 0 saturated heterocycles. The molecule has 1 amide bonds. The molecule has 1 N–H and O–H groups in total. The van der Waals surface area contributed by atoms with Gasteiger partial charge in [0.15, 0.2) is 0 Å². The number of sulfonamides is 1. The first-order valence-corrected chi connectivity index (χ1v) is 11.7. The van der Waals surface area contributed by atoms with Crippen LogP contribution in [0.5, 0.6) is 0 Å². The zero-order valence-corrected chi connectivity index (χ0v) is 18.3. The summed E-state index contributed by atoms with van der Waals surface area (Å²) in [7, 11) is -0.786. The molecule has 0 bridgehead atoms. The number of nitrogens with one attached hydrogen (secondary N) is 1. The van der Waals surface area contributed by atoms with E-state index in [1.54, 1.807) is 13.0 Å². The number of nitrogens with zero attached hydrogens (tertiary/aromatic N) is 1. The fourth-order valence-electron chi connectivity index (χ4n) is 3.26. The SMILES string of the molecule is CCOC(=O)c1c(NC(=O)c2cccc(S(=O)(=O)N(C)C)c2)sc2c1CCCC2. The van der Waals surface area contributed by atoms with Gasteiger partial charge in [0.2, 0.25) is 10.0 Å². The van der Waals surface area contributed by atoms with Gasteiger partial charge in [-0.3, -0.25) is 4.79 Å². The Bertz CT molecular complexity index is 1040. The molecule has 1 aromatic heterocycles. The molecule has 2 aromatic rings. The van der Waals surface area contributed by atoms with Crippen molar-refractivity contribution in [3.63, 3.8) is 0 Å². The first-order chi connectivity index (χ1) is 13.8. The molecule has 1 heterocycles. The van der Waals surface area contributed by atoms with Crippen molar-refractivity contribution < 1.29 is 22.7 Å². The highest BCUT2D eigenvalue weighted by Gasteiger charge is 2.27. The van der Waals surface area contributed by atoms with Crippen LogP contribution in [0.3, 0.4) is 0 Å². The van der Waals surface area contributed by atoms with Crippen molar-refractivity contribution in [2.75, 3.05) is 26.0 Å². The summed E-state index contributed by atoms with van der Waals surface area (Å²) in [5.41, 5.74) is 1.59. The summed E-state index contributed by atoms with van der Waals surface area (Å²) in [6.07, 6.45) is 3.70. The zero-order chi connectivity index (χ0) is 21.2. The fraction of sp³-hybridized carbons (Fsp3) is 0.400. The number of thiophene rings is 1. The third-order valence-electron chi connectivity index (χ3n) is 4.75. The molecule has 0 radical (unpaired) electrons. The van der Waals surface area contributed by atoms with Crippen LogP contribution in [-0.4, -0.2) is 45.3 Å². The highest BCUT2D eigenvalue weighted by molar-refractivity contribution is 7.89. The van der Waals surface area contributed by atoms with Crippen LogP contribution in [0.15, 0.2) is 29.2 Å². The number of fused-ring (bicyclic) bond motifs is 1. The number of hydrogen-bond donors (Lipinski definition) is 1. The smallest absolute Gasteiger partial charge is 0.341 e. The number of anilines is 1. The van der Waals surface area contributed by atoms with Crippen molar-refractivity contribution in [3.8, 4) is 0 Å². The molecule has 0 saturated carbocycles. The minimum atomic E-state index is -3.66. The van der Waals surface area contributed by atoms with Crippen LogP contribution in [0.2, 0.25) is 0 Å². The molecule has 29 heavy (non-hydrogen) atoms. The van der Waals surface area contributed by atoms with Crippen LogP contribution in [0.4, 0.5) is 5.00 Å². The van der Waals surface area contributed by atoms with Gasteiger partial charge in [0.25, 0.3) is 5.91 Å². The van der Waals surface area contributed by atoms with E-state index in [2.05, 4.69) is 5.32 Å². The molecule has 3 rings (SSSR count). The van der Waals surface area contributed by atoms with Crippen LogP contribution in [0, 0.1) is 0 Å². The van der Waals surface area contributed by atoms with E-state index < -0.39 is 21.9 Å². The molecule has 0 unspecified atom stereocenters. The molecular formula is C20H24N2O5S2. The molecule has 0 fully saturated rings. The van der Waals surface area contributed by atoms with Gasteiger partial charge in [0.1, 0.15) is 5.00 Å². The average Bonchev–Trinajstić information content (AvgIpc) is 3.06. The molecule has 9 heteroatoms. The van der Waals surface area contributed by atoms with E-state index in [1.807, 2.05) is 0 Å². The Kier molecular flexibility index (Phi) is 6.40. The van der Waals surface area contributed by atoms with Crippen molar-refractivity contribution >= 4 is 38.2 Å². The third-order valence-corrected chi connectivity index (χ3v) is 7.77. The Morgan fingerprint density at radius 3 is 2.62 bits per heavy atom. The maximum absolute atomic E-state index is 12.8. The summed E-state index contributed by atoms with van der Waals surface area (Å²) in [6, 6.07) is 5.85. The molecule has 7 nitrogen and oxygen atoms in total. The number of rotatable bonds is 6. The van der Waals surface area contributed by atoms with E-state index >= 15 is 0 Å². The van der Waals surface area contributed by atoms with E-state index in [0.29, 0.717) is 10.6 Å². The number of hydrogen-bond acceptors (Lipinski definition) is 6. The predicted molar refractivity (Wildman–Crippen MR) is 112 cm³/mol. The van der Waals surface area contributed by atoms with Gasteiger partial charge in [-0.05, 0) is 56.4 Å². The Labute approximate surface area is 174 Å². The monoisotopic (exact) mass is 436 g/mol. The topological polar surface area (TPSA) is 92.8 Å². The van der Waals surface area contributed by atoms with Gasteiger partial charge in [-0.15, -0.1) is 11.3 Å². The lowest BCUT2D eigenvalue weighted by molar-refractivity contribution is 0.0526. The van der Waals surface area contributed by atoms with Gasteiger partial charge >= 0.3 is 5.97 Å². The summed E-state index contributed by atoms with van der Waals surface area (Å²) >= 11 is 1.39. The maximum Gasteiger partial charge on any atom is 0.341 e. The first-order valence-electron chi connectivity index (χ1n) is 9.41. The van der Waals surface area contributed by atoms with E-state index in [1.165, 1.54) is 43.6 Å². The number of benzene rings is 1. The second kappa shape index (κ2) is 8.64. The maximum atomic E-state index is 12.8. The Morgan fingerprint density at radius 1 is 1.21 bits per heavy atom. The predicted octanol–water partition coefficient (Wildman–Crippen LogP) is 3.31. The van der Waals surface area contributed by atoms with Gasteiger partial charge < -0.3 is 10.1 Å². The summed E-state index contributed by atoms with van der Waals surface area (Å²) in [4.78, 5) is 26.5. The van der Waals surface area contributed by atoms with E-state index in [0.717, 1.165) is 40.4 Å². The normalized spacial score (nSPS) is 13.8. The number of carbonyl (C=O) groups excluding carboxylic acids is 2. The van der Waals surface area contributed by atoms with E-state index in [4.69, 9.17) is 4.74 Å². The van der Waals surface area contributed by atoms with Crippen molar-refractivity contribution in [3.05, 3.63) is 45.8 Å². The molecule has 0 spiro atoms. The fourth-order valence-corrected chi connectivity index (χ4v) is 5.48. The largest absolute Gasteiger partial charge is 0.462 e. The van der Waals surface area contributed by atoms with Gasteiger partial charge in [-0.1, -0.05) is 6.07 Å². The first kappa shape index (κ1) is 21.5. The summed E-state index contributed by atoms with van der Waals surface area (Å²) in [6.45, 7) is 1.99. The second-order valence-electron chi connectivity index (χ2n) is 6.90. The number of ether oxygens (including phenoxy) is 1. The van der Waals surface area contributed by atoms with E-state index in [9.17, 15) is 18.0 Å². The van der Waals surface area contributed by atoms with Crippen molar-refractivity contribution in [2.24, 2.45) is 0 Å². The third kappa shape index (κ3) is 4.36. The molecule has 1 aromatic carbocycles. The van der Waals surface area contributed by atoms with Crippen LogP contribution in [-0.2, 0) is 27.6 Å². The van der Waals surface area contributed by atoms with Crippen LogP contribution < -0.4 is 5.32 Å². The quantitative estimate of drug-likeness (QED) is 0.702. The van der Waals surface area contributed by atoms with Crippen LogP contribution in [0.25, 0.3) is 0 Å². The van der Waals surface area contributed by atoms with Crippen molar-refractivity contribution in [2.45, 2.75) is 37.5 Å². The van der Waals surface area contributed by atoms with Gasteiger partial charge in [0, 0.05) is 24.5 Å². The van der Waals surface area contributed by atoms with Gasteiger partial charge in [0.05, 0.1) is 17.1 Å². The second-order valence-corrected chi connectivity index (χ2v) is 10.2. The van der Waals surface area contributed by atoms with Gasteiger partial charge in [-0.25, -0.2) is 17.5 Å². The molecule has 1 aliphatic carbocycles. The highest BCUT2D eigenvalue weighted by Crippen LogP contribution is 2.38. The lowest BCUT2D eigenvalue weighted by atomic mass is 9.95. The van der Waals surface area contributed by atoms with Crippen molar-refractivity contribution in [1.82, 2.24) is 4.31 Å². The minimum absolute atomic E-state index is 0.0336. The Morgan fingerprint density at radius 2 is 1.93 bits per heavy atom. The standard InChI is InChI=1S/C20H24N2O5S2/c1-4-27-20(24)17-15-10-5-6-11-16(15)28-19(17)21-18(23)13-8-7-9-14(12-13)29(25,26)22(2)3/h7-9,12H,4-6,10-11H2,1-3H3,(H,21,23). The molecule has 0 aliphatic heterocycles. The molecular weight excluding hydrogens is 412 g/mol. The average molecular weight is 437 g/mol. The molecule has 0 atom stereocenters. The Hall–Kier alpha value is -2.23. The Balaban J connectivity index is 1.94. The van der Waals surface area contributed by atoms with Crippen molar-refractivity contribution in [1.29, 1.82) is 0 Å². The van der Waals surface area contributed by atoms with E-state index in [-0.39, 0.29) is 17.1 Å². The molecule has 156 valence electrons. The van der Waals surface area contributed by atoms with Gasteiger partial charge in [-0.2, -0.15) is 0 Å². The number of esters is 1. The minimum Gasteiger partial charge on any atom is -0.462 e. The number of aryl methyl sites for hydroxylation is 1. The highest BCUT2D eigenvalue weighted by atomic mass is 32.2. The number of amides is 1. The van der Waals surface area contributed by atoms with Crippen LogP contribution >= 0.6 is 11.3 Å². The lowest BCUT2D eigenvalue weighted by Gasteiger charge is -2.13. The zero-order valence-electron chi connectivity index (χ0n) is 16.6. The summed E-state index contributed by atoms with van der Waals surface area (Å²) < 4.78 is 31.0.